The fraction of sp³-hybridized carbons (Fsp3) is 0.176. The van der Waals surface area contributed by atoms with Gasteiger partial charge in [-0.3, -0.25) is 4.79 Å². The Morgan fingerprint density at radius 3 is 2.93 bits per heavy atom. The van der Waals surface area contributed by atoms with Gasteiger partial charge in [-0.05, 0) is 31.2 Å². The number of hydrogen-bond acceptors (Lipinski definition) is 8. The Bertz CT molecular complexity index is 937. The largest absolute Gasteiger partial charge is 0.497 e. The molecule has 1 unspecified atom stereocenters. The lowest BCUT2D eigenvalue weighted by Crippen LogP contribution is -2.22. The molecule has 0 saturated heterocycles. The highest BCUT2D eigenvalue weighted by atomic mass is 35.5. The van der Waals surface area contributed by atoms with Crippen molar-refractivity contribution in [2.75, 3.05) is 17.7 Å². The zero-order valence-corrected chi connectivity index (χ0v) is 16.9. The fourth-order valence-corrected chi connectivity index (χ4v) is 4.13. The molecule has 0 fully saturated rings. The summed E-state index contributed by atoms with van der Waals surface area (Å²) in [5.41, 5.74) is 1.33. The Balaban J connectivity index is 1.59. The van der Waals surface area contributed by atoms with Gasteiger partial charge in [-0.25, -0.2) is 4.98 Å². The number of nitrogens with zero attached hydrogens (tertiary/aromatic N) is 3. The number of hydrogen-bond donors (Lipinski definition) is 2. The summed E-state index contributed by atoms with van der Waals surface area (Å²) in [6.07, 6.45) is 1.56. The summed E-state index contributed by atoms with van der Waals surface area (Å²) < 4.78 is 5.88. The summed E-state index contributed by atoms with van der Waals surface area (Å²) in [6, 6.07) is 10.9. The Morgan fingerprint density at radius 1 is 1.30 bits per heavy atom. The van der Waals surface area contributed by atoms with Crippen LogP contribution in [-0.4, -0.2) is 33.4 Å². The van der Waals surface area contributed by atoms with E-state index in [2.05, 4.69) is 25.8 Å². The van der Waals surface area contributed by atoms with Crippen LogP contribution in [0.2, 0.25) is 5.15 Å². The number of pyridine rings is 1. The number of thioether (sulfide) groups is 1. The first-order valence-electron chi connectivity index (χ1n) is 7.88. The summed E-state index contributed by atoms with van der Waals surface area (Å²) in [5.74, 6) is 0.561. The third-order valence-corrected chi connectivity index (χ3v) is 5.72. The lowest BCUT2D eigenvalue weighted by Gasteiger charge is -2.10. The lowest BCUT2D eigenvalue weighted by atomic mass is 10.3. The second-order valence-corrected chi connectivity index (χ2v) is 8.24. The van der Waals surface area contributed by atoms with Crippen LogP contribution in [0.3, 0.4) is 0 Å². The van der Waals surface area contributed by atoms with Crippen LogP contribution in [0.25, 0.3) is 0 Å². The molecule has 3 aromatic rings. The molecular weight excluding hydrogens is 406 g/mol. The highest BCUT2D eigenvalue weighted by Crippen LogP contribution is 2.31. The van der Waals surface area contributed by atoms with E-state index < -0.39 is 0 Å². The van der Waals surface area contributed by atoms with Gasteiger partial charge in [0.15, 0.2) is 9.49 Å². The Hall–Kier alpha value is -2.36. The van der Waals surface area contributed by atoms with Crippen LogP contribution >= 0.6 is 34.7 Å². The van der Waals surface area contributed by atoms with Gasteiger partial charge in [0.05, 0.1) is 18.0 Å². The van der Waals surface area contributed by atoms with E-state index in [1.807, 2.05) is 24.3 Å². The van der Waals surface area contributed by atoms with E-state index in [0.717, 1.165) is 11.4 Å². The third-order valence-electron chi connectivity index (χ3n) is 3.39. The molecule has 0 aliphatic heterocycles. The SMILES string of the molecule is COc1cccc(Nc2nnc(SC(C)C(=O)Nc3cccnc3Cl)s2)c1. The first kappa shape index (κ1) is 19.4. The highest BCUT2D eigenvalue weighted by Gasteiger charge is 2.18. The molecule has 0 saturated carbocycles. The van der Waals surface area contributed by atoms with Gasteiger partial charge in [0.1, 0.15) is 5.75 Å². The molecular formula is C17H16ClN5O2S2. The lowest BCUT2D eigenvalue weighted by molar-refractivity contribution is -0.115. The smallest absolute Gasteiger partial charge is 0.237 e. The van der Waals surface area contributed by atoms with Gasteiger partial charge in [-0.15, -0.1) is 10.2 Å². The number of benzene rings is 1. The Kier molecular flexibility index (Phi) is 6.49. The number of methoxy groups -OCH3 is 1. The van der Waals surface area contributed by atoms with Gasteiger partial charge in [-0.1, -0.05) is 40.8 Å². The van der Waals surface area contributed by atoms with Crippen molar-refractivity contribution in [2.45, 2.75) is 16.5 Å². The predicted octanol–water partition coefficient (Wildman–Crippen LogP) is 4.46. The molecule has 140 valence electrons. The molecule has 0 aliphatic rings. The van der Waals surface area contributed by atoms with E-state index >= 15 is 0 Å². The van der Waals surface area contributed by atoms with E-state index in [4.69, 9.17) is 16.3 Å². The highest BCUT2D eigenvalue weighted by molar-refractivity contribution is 8.02. The minimum absolute atomic E-state index is 0.188. The maximum atomic E-state index is 12.3. The molecule has 0 bridgehead atoms. The van der Waals surface area contributed by atoms with Crippen LogP contribution < -0.4 is 15.4 Å². The molecule has 2 heterocycles. The summed E-state index contributed by atoms with van der Waals surface area (Å²) >= 11 is 8.65. The second kappa shape index (κ2) is 9.03. The van der Waals surface area contributed by atoms with Crippen LogP contribution in [0.1, 0.15) is 6.92 Å². The minimum Gasteiger partial charge on any atom is -0.497 e. The number of ether oxygens (including phenoxy) is 1. The van der Waals surface area contributed by atoms with Crippen molar-refractivity contribution < 1.29 is 9.53 Å². The number of carbonyl (C=O) groups excluding carboxylic acids is 1. The van der Waals surface area contributed by atoms with Crippen molar-refractivity contribution in [3.8, 4) is 5.75 Å². The summed E-state index contributed by atoms with van der Waals surface area (Å²) in [5, 5.41) is 14.7. The molecule has 7 nitrogen and oxygen atoms in total. The van der Waals surface area contributed by atoms with Crippen LogP contribution in [0.4, 0.5) is 16.5 Å². The fourth-order valence-electron chi connectivity index (χ4n) is 2.05. The molecule has 10 heteroatoms. The third kappa shape index (κ3) is 5.31. The molecule has 1 aromatic carbocycles. The molecule has 3 rings (SSSR count). The second-order valence-electron chi connectivity index (χ2n) is 5.32. The molecule has 1 atom stereocenters. The van der Waals surface area contributed by atoms with Crippen molar-refractivity contribution in [1.82, 2.24) is 15.2 Å². The number of nitrogens with one attached hydrogen (secondary N) is 2. The van der Waals surface area contributed by atoms with Crippen LogP contribution in [0.15, 0.2) is 46.9 Å². The van der Waals surface area contributed by atoms with Gasteiger partial charge in [0.25, 0.3) is 0 Å². The molecule has 0 spiro atoms. The van der Waals surface area contributed by atoms with Gasteiger partial charge in [0.2, 0.25) is 11.0 Å². The van der Waals surface area contributed by atoms with Gasteiger partial charge >= 0.3 is 0 Å². The van der Waals surface area contributed by atoms with Crippen molar-refractivity contribution in [2.24, 2.45) is 0 Å². The van der Waals surface area contributed by atoms with Crippen molar-refractivity contribution in [1.29, 1.82) is 0 Å². The number of halogens is 1. The number of anilines is 3. The maximum Gasteiger partial charge on any atom is 0.237 e. The van der Waals surface area contributed by atoms with E-state index in [9.17, 15) is 4.79 Å². The summed E-state index contributed by atoms with van der Waals surface area (Å²) in [6.45, 7) is 1.79. The Labute approximate surface area is 169 Å². The number of aromatic nitrogens is 3. The average molecular weight is 422 g/mol. The topological polar surface area (TPSA) is 89.0 Å². The van der Waals surface area contributed by atoms with Crippen LogP contribution in [0.5, 0.6) is 5.75 Å². The zero-order chi connectivity index (χ0) is 19.2. The zero-order valence-electron chi connectivity index (χ0n) is 14.5. The maximum absolute atomic E-state index is 12.3. The van der Waals surface area contributed by atoms with Gasteiger partial charge < -0.3 is 15.4 Å². The van der Waals surface area contributed by atoms with Crippen molar-refractivity contribution in [3.63, 3.8) is 0 Å². The number of carbonyl (C=O) groups is 1. The quantitative estimate of drug-likeness (QED) is 0.430. The molecule has 0 aliphatic carbocycles. The van der Waals surface area contributed by atoms with Gasteiger partial charge in [0, 0.05) is 18.0 Å². The monoisotopic (exact) mass is 421 g/mol. The Morgan fingerprint density at radius 2 is 2.15 bits per heavy atom. The minimum atomic E-state index is -0.376. The predicted molar refractivity (Wildman–Crippen MR) is 109 cm³/mol. The molecule has 27 heavy (non-hydrogen) atoms. The van der Waals surface area contributed by atoms with Gasteiger partial charge in [-0.2, -0.15) is 0 Å². The molecule has 2 N–H and O–H groups in total. The molecule has 1 amide bonds. The number of rotatable bonds is 7. The average Bonchev–Trinajstić information content (AvgIpc) is 3.10. The number of amides is 1. The normalized spacial score (nSPS) is 11.7. The van der Waals surface area contributed by atoms with Crippen LogP contribution in [-0.2, 0) is 4.79 Å². The van der Waals surface area contributed by atoms with E-state index in [0.29, 0.717) is 15.2 Å². The standard InChI is InChI=1S/C17H16ClN5O2S2/c1-10(15(24)21-13-7-4-8-19-14(13)18)26-17-23-22-16(27-17)20-11-5-3-6-12(9-11)25-2/h3-10H,1-2H3,(H,20,22)(H,21,24). The summed E-state index contributed by atoms with van der Waals surface area (Å²) in [4.78, 5) is 16.3. The molecule has 0 radical (unpaired) electrons. The van der Waals surface area contributed by atoms with Crippen LogP contribution in [0, 0.1) is 0 Å². The van der Waals surface area contributed by atoms with Crippen molar-refractivity contribution >= 4 is 57.1 Å². The first-order valence-corrected chi connectivity index (χ1v) is 9.95. The summed E-state index contributed by atoms with van der Waals surface area (Å²) in [7, 11) is 1.62. The molecule has 2 aromatic heterocycles. The van der Waals surface area contributed by atoms with E-state index in [1.54, 1.807) is 32.4 Å². The van der Waals surface area contributed by atoms with E-state index in [-0.39, 0.29) is 16.3 Å². The van der Waals surface area contributed by atoms with Crippen molar-refractivity contribution in [3.05, 3.63) is 47.7 Å². The first-order chi connectivity index (χ1) is 13.0. The van der Waals surface area contributed by atoms with E-state index in [1.165, 1.54) is 23.1 Å².